The zero-order valence-corrected chi connectivity index (χ0v) is 23.8. The molecule has 2 aliphatic heterocycles. The lowest BCUT2D eigenvalue weighted by Gasteiger charge is -2.37. The average molecular weight is 619 g/mol. The van der Waals surface area contributed by atoms with E-state index in [0.29, 0.717) is 41.3 Å². The van der Waals surface area contributed by atoms with Gasteiger partial charge in [0.15, 0.2) is 0 Å². The fraction of sp³-hybridized carbons (Fsp3) is 0.286. The second-order valence-corrected chi connectivity index (χ2v) is 10.5. The molecule has 5 rings (SSSR count). The molecular formula is C28H26Cl2F2N6O4. The Balaban J connectivity index is 1.48. The van der Waals surface area contributed by atoms with Crippen molar-refractivity contribution in [2.75, 3.05) is 24.3 Å². The Bertz CT molecular complexity index is 1580. The third-order valence-electron chi connectivity index (χ3n) is 7.06. The zero-order chi connectivity index (χ0) is 30.0. The van der Waals surface area contributed by atoms with Crippen LogP contribution in [0.15, 0.2) is 42.5 Å². The van der Waals surface area contributed by atoms with Crippen molar-refractivity contribution in [3.63, 3.8) is 0 Å². The van der Waals surface area contributed by atoms with Crippen LogP contribution in [0.3, 0.4) is 0 Å². The number of nitrogens with one attached hydrogen (secondary N) is 4. The zero-order valence-electron chi connectivity index (χ0n) is 22.3. The number of carbonyl (C=O) groups excluding carboxylic acids is 3. The maximum atomic E-state index is 14.7. The first kappa shape index (κ1) is 29.3. The molecule has 3 aromatic rings. The smallest absolute Gasteiger partial charge is 0.411 e. The van der Waals surface area contributed by atoms with Gasteiger partial charge in [-0.25, -0.2) is 23.4 Å². The fourth-order valence-electron chi connectivity index (χ4n) is 5.01. The van der Waals surface area contributed by atoms with Crippen molar-refractivity contribution in [2.24, 2.45) is 0 Å². The van der Waals surface area contributed by atoms with Crippen LogP contribution in [0.2, 0.25) is 10.2 Å². The van der Waals surface area contributed by atoms with Crippen molar-refractivity contribution in [3.8, 4) is 11.3 Å². The minimum atomic E-state index is -0.912. The summed E-state index contributed by atoms with van der Waals surface area (Å²) in [5, 5.41) is 8.04. The Morgan fingerprint density at radius 1 is 1.17 bits per heavy atom. The third-order valence-corrected chi connectivity index (χ3v) is 7.63. The molecule has 2 bridgehead atoms. The number of imidazole rings is 1. The highest BCUT2D eigenvalue weighted by molar-refractivity contribution is 6.32. The number of rotatable bonds is 3. The summed E-state index contributed by atoms with van der Waals surface area (Å²) in [4.78, 5) is 47.1. The molecule has 2 atom stereocenters. The number of anilines is 2. The monoisotopic (exact) mass is 618 g/mol. The lowest BCUT2D eigenvalue weighted by molar-refractivity contribution is -0.116. The molecule has 42 heavy (non-hydrogen) atoms. The number of methoxy groups -OCH3 is 1. The molecule has 2 aliphatic rings. The van der Waals surface area contributed by atoms with E-state index in [1.54, 1.807) is 18.2 Å². The quantitative estimate of drug-likeness (QED) is 0.191. The number of fused-ring (bicyclic) bond motifs is 4. The van der Waals surface area contributed by atoms with E-state index in [-0.39, 0.29) is 41.0 Å². The summed E-state index contributed by atoms with van der Waals surface area (Å²) in [7, 11) is 1.24. The fourth-order valence-corrected chi connectivity index (χ4v) is 5.42. The van der Waals surface area contributed by atoms with Gasteiger partial charge < -0.3 is 25.3 Å². The van der Waals surface area contributed by atoms with Gasteiger partial charge in [-0.2, -0.15) is 0 Å². The normalized spacial score (nSPS) is 19.8. The van der Waals surface area contributed by atoms with E-state index in [9.17, 15) is 23.2 Å². The van der Waals surface area contributed by atoms with E-state index in [1.807, 2.05) is 12.2 Å². The van der Waals surface area contributed by atoms with Crippen LogP contribution >= 0.6 is 23.2 Å². The van der Waals surface area contributed by atoms with Crippen LogP contribution in [0.25, 0.3) is 11.3 Å². The summed E-state index contributed by atoms with van der Waals surface area (Å²) in [6.45, 7) is 0.160. The van der Waals surface area contributed by atoms with Crippen LogP contribution in [0, 0.1) is 11.6 Å². The molecule has 220 valence electrons. The SMILES string of the molecule is COC(=O)Nc1ccc2c(c1)NC(=O)CC/C=C/CC(N1CC[C@@H](c3c(F)ccc(Cl)c3F)NC1=O)c1nc-2c(Cl)[nH]1. The van der Waals surface area contributed by atoms with E-state index >= 15 is 0 Å². The van der Waals surface area contributed by atoms with Gasteiger partial charge in [-0.1, -0.05) is 35.4 Å². The Morgan fingerprint density at radius 2 is 1.98 bits per heavy atom. The number of H-pyrrole nitrogens is 1. The summed E-state index contributed by atoms with van der Waals surface area (Å²) in [5.41, 5.74) is 1.24. The maximum absolute atomic E-state index is 14.7. The van der Waals surface area contributed by atoms with Gasteiger partial charge in [0.2, 0.25) is 5.91 Å². The van der Waals surface area contributed by atoms with E-state index in [2.05, 4.69) is 25.7 Å². The standard InChI is InChI=1S/C28H26Cl2F2N6O4/c1-42-28(41)33-14-7-8-15-19(13-14)34-21(39)6-4-2-3-5-20(26-36-24(15)25(30)37-26)38-12-11-18(35-27(38)40)22-17(31)10-9-16(29)23(22)32/h2-3,7-10,13,18,20H,4-6,11-12H2,1H3,(H,33,41)(H,34,39)(H,35,40)(H,36,37)/b3-2+/t18-,20?/m0/s1. The highest BCUT2D eigenvalue weighted by atomic mass is 35.5. The third kappa shape index (κ3) is 6.04. The predicted molar refractivity (Wildman–Crippen MR) is 153 cm³/mol. The molecule has 0 aliphatic carbocycles. The Labute approximate surface area is 249 Å². The number of hydrogen-bond acceptors (Lipinski definition) is 5. The maximum Gasteiger partial charge on any atom is 0.411 e. The van der Waals surface area contributed by atoms with Gasteiger partial charge in [0.25, 0.3) is 0 Å². The number of allylic oxidation sites excluding steroid dienone is 1. The minimum absolute atomic E-state index is 0.160. The molecule has 14 heteroatoms. The Morgan fingerprint density at radius 3 is 2.74 bits per heavy atom. The molecule has 0 saturated carbocycles. The molecule has 3 heterocycles. The Kier molecular flexibility index (Phi) is 8.64. The highest BCUT2D eigenvalue weighted by Gasteiger charge is 2.36. The second-order valence-electron chi connectivity index (χ2n) is 9.71. The van der Waals surface area contributed by atoms with Crippen molar-refractivity contribution in [3.05, 3.63) is 75.7 Å². The van der Waals surface area contributed by atoms with Gasteiger partial charge in [-0.05, 0) is 49.6 Å². The summed E-state index contributed by atoms with van der Waals surface area (Å²) in [6.07, 6.45) is 4.13. The van der Waals surface area contributed by atoms with E-state index < -0.39 is 35.8 Å². The van der Waals surface area contributed by atoms with Crippen molar-refractivity contribution in [2.45, 2.75) is 37.8 Å². The summed E-state index contributed by atoms with van der Waals surface area (Å²) < 4.78 is 33.9. The molecule has 0 radical (unpaired) electrons. The van der Waals surface area contributed by atoms with Crippen LogP contribution in [0.4, 0.5) is 29.7 Å². The van der Waals surface area contributed by atoms with Gasteiger partial charge in [-0.15, -0.1) is 0 Å². The number of ether oxygens (including phenoxy) is 1. The molecule has 1 aromatic heterocycles. The molecule has 4 N–H and O–H groups in total. The van der Waals surface area contributed by atoms with Gasteiger partial charge >= 0.3 is 12.1 Å². The van der Waals surface area contributed by atoms with Crippen LogP contribution in [0.1, 0.15) is 49.2 Å². The van der Waals surface area contributed by atoms with Crippen LogP contribution in [-0.4, -0.2) is 46.6 Å². The number of aromatic amines is 1. The molecule has 1 saturated heterocycles. The number of hydrogen-bond donors (Lipinski definition) is 4. The predicted octanol–water partition coefficient (Wildman–Crippen LogP) is 6.72. The summed E-state index contributed by atoms with van der Waals surface area (Å²) in [5.74, 6) is -1.59. The lowest BCUT2D eigenvalue weighted by Crippen LogP contribution is -2.49. The first-order valence-electron chi connectivity index (χ1n) is 13.1. The first-order chi connectivity index (χ1) is 20.2. The van der Waals surface area contributed by atoms with Gasteiger partial charge in [0.05, 0.1) is 29.9 Å². The van der Waals surface area contributed by atoms with Crippen molar-refractivity contribution in [1.82, 2.24) is 20.2 Å². The van der Waals surface area contributed by atoms with Crippen LogP contribution in [0.5, 0.6) is 0 Å². The van der Waals surface area contributed by atoms with E-state index in [1.165, 1.54) is 12.0 Å². The molecule has 4 amide bonds. The van der Waals surface area contributed by atoms with Crippen LogP contribution in [-0.2, 0) is 9.53 Å². The number of nitrogens with zero attached hydrogens (tertiary/aromatic N) is 2. The topological polar surface area (TPSA) is 128 Å². The lowest BCUT2D eigenvalue weighted by atomic mass is 9.99. The number of benzene rings is 2. The van der Waals surface area contributed by atoms with Gasteiger partial charge in [-0.3, -0.25) is 10.1 Å². The minimum Gasteiger partial charge on any atom is -0.453 e. The largest absolute Gasteiger partial charge is 0.453 e. The van der Waals surface area contributed by atoms with E-state index in [4.69, 9.17) is 28.2 Å². The molecular weight excluding hydrogens is 593 g/mol. The van der Waals surface area contributed by atoms with Gasteiger partial charge in [0, 0.05) is 29.8 Å². The van der Waals surface area contributed by atoms with Gasteiger partial charge in [0.1, 0.15) is 28.3 Å². The number of urea groups is 1. The summed E-state index contributed by atoms with van der Waals surface area (Å²) >= 11 is 12.5. The number of aromatic nitrogens is 2. The molecule has 0 spiro atoms. The molecule has 2 aromatic carbocycles. The highest BCUT2D eigenvalue weighted by Crippen LogP contribution is 2.38. The molecule has 10 nitrogen and oxygen atoms in total. The summed E-state index contributed by atoms with van der Waals surface area (Å²) in [6, 6.07) is 4.94. The van der Waals surface area contributed by atoms with Crippen LogP contribution < -0.4 is 16.0 Å². The van der Waals surface area contributed by atoms with Crippen molar-refractivity contribution >= 4 is 52.6 Å². The van der Waals surface area contributed by atoms with E-state index in [0.717, 1.165) is 12.1 Å². The number of carbonyl (C=O) groups is 3. The average Bonchev–Trinajstić information content (AvgIpc) is 3.34. The Hall–Kier alpha value is -4.16. The second kappa shape index (κ2) is 12.4. The number of halogens is 4. The first-order valence-corrected chi connectivity index (χ1v) is 13.8. The molecule has 1 unspecified atom stereocenters. The number of amides is 4. The molecule has 1 fully saturated rings. The van der Waals surface area contributed by atoms with Crippen molar-refractivity contribution < 1.29 is 27.9 Å². The van der Waals surface area contributed by atoms with Crippen molar-refractivity contribution in [1.29, 1.82) is 0 Å².